The average Bonchev–Trinajstić information content (AvgIpc) is 2.75. The first-order chi connectivity index (χ1) is 9.34. The molecular weight excluding hydrogens is 240 g/mol. The standard InChI is InChI=1S/C13H18N6/c1-10-13(16-5-4-15-10)11-9-12(18-17-11)19-7-2-3-14-6-8-19/h4-5,9,14H,2-3,6-8H2,1H3,(H,17,18). The predicted molar refractivity (Wildman–Crippen MR) is 74.1 cm³/mol. The van der Waals surface area contributed by atoms with Crippen molar-refractivity contribution >= 4 is 5.82 Å². The minimum absolute atomic E-state index is 0.870. The van der Waals surface area contributed by atoms with Gasteiger partial charge in [0.25, 0.3) is 0 Å². The third-order valence-corrected chi connectivity index (χ3v) is 3.36. The molecule has 0 aliphatic carbocycles. The van der Waals surface area contributed by atoms with Crippen LogP contribution >= 0.6 is 0 Å². The number of H-pyrrole nitrogens is 1. The van der Waals surface area contributed by atoms with Gasteiger partial charge >= 0.3 is 0 Å². The third kappa shape index (κ3) is 2.58. The molecule has 6 heteroatoms. The smallest absolute Gasteiger partial charge is 0.151 e. The molecule has 1 saturated heterocycles. The van der Waals surface area contributed by atoms with Gasteiger partial charge in [0.2, 0.25) is 0 Å². The van der Waals surface area contributed by atoms with Gasteiger partial charge in [-0.05, 0) is 19.9 Å². The number of anilines is 1. The summed E-state index contributed by atoms with van der Waals surface area (Å²) in [6, 6.07) is 2.06. The summed E-state index contributed by atoms with van der Waals surface area (Å²) in [5.41, 5.74) is 2.71. The summed E-state index contributed by atoms with van der Waals surface area (Å²) in [6.07, 6.45) is 4.56. The molecule has 0 atom stereocenters. The Bertz CT molecular complexity index is 542. The SMILES string of the molecule is Cc1nccnc1-c1cc(N2CCCNCC2)n[nH]1. The number of aryl methyl sites for hydroxylation is 1. The third-order valence-electron chi connectivity index (χ3n) is 3.36. The van der Waals surface area contributed by atoms with Crippen LogP contribution in [0.3, 0.4) is 0 Å². The van der Waals surface area contributed by atoms with Crippen molar-refractivity contribution in [3.05, 3.63) is 24.2 Å². The van der Waals surface area contributed by atoms with Crippen LogP contribution in [0.15, 0.2) is 18.5 Å². The molecule has 1 aliphatic rings. The monoisotopic (exact) mass is 258 g/mol. The van der Waals surface area contributed by atoms with Crippen molar-refractivity contribution in [1.82, 2.24) is 25.5 Å². The van der Waals surface area contributed by atoms with E-state index in [1.165, 1.54) is 0 Å². The highest BCUT2D eigenvalue weighted by atomic mass is 15.3. The number of rotatable bonds is 2. The largest absolute Gasteiger partial charge is 0.354 e. The maximum atomic E-state index is 4.40. The Morgan fingerprint density at radius 3 is 2.95 bits per heavy atom. The lowest BCUT2D eigenvalue weighted by Crippen LogP contribution is -2.28. The number of hydrogen-bond acceptors (Lipinski definition) is 5. The topological polar surface area (TPSA) is 69.7 Å². The normalized spacial score (nSPS) is 16.4. The minimum atomic E-state index is 0.870. The maximum Gasteiger partial charge on any atom is 0.151 e. The van der Waals surface area contributed by atoms with E-state index in [0.717, 1.165) is 55.5 Å². The fourth-order valence-corrected chi connectivity index (χ4v) is 2.34. The quantitative estimate of drug-likeness (QED) is 0.840. The molecule has 6 nitrogen and oxygen atoms in total. The van der Waals surface area contributed by atoms with Gasteiger partial charge in [-0.25, -0.2) is 0 Å². The van der Waals surface area contributed by atoms with Crippen molar-refractivity contribution in [3.63, 3.8) is 0 Å². The molecule has 2 aromatic heterocycles. The molecular formula is C13H18N6. The zero-order valence-electron chi connectivity index (χ0n) is 11.1. The van der Waals surface area contributed by atoms with Crippen LogP contribution in [0.1, 0.15) is 12.1 Å². The summed E-state index contributed by atoms with van der Waals surface area (Å²) in [6.45, 7) is 6.07. The van der Waals surface area contributed by atoms with E-state index in [0.29, 0.717) is 0 Å². The van der Waals surface area contributed by atoms with Crippen molar-refractivity contribution in [2.24, 2.45) is 0 Å². The Kier molecular flexibility index (Phi) is 3.41. The molecule has 3 heterocycles. The zero-order chi connectivity index (χ0) is 13.1. The fraction of sp³-hybridized carbons (Fsp3) is 0.462. The van der Waals surface area contributed by atoms with E-state index in [-0.39, 0.29) is 0 Å². The summed E-state index contributed by atoms with van der Waals surface area (Å²) in [4.78, 5) is 10.9. The van der Waals surface area contributed by atoms with Crippen LogP contribution in [0, 0.1) is 6.92 Å². The molecule has 19 heavy (non-hydrogen) atoms. The molecule has 2 N–H and O–H groups in total. The molecule has 0 bridgehead atoms. The number of nitrogens with one attached hydrogen (secondary N) is 2. The lowest BCUT2D eigenvalue weighted by Gasteiger charge is -2.18. The van der Waals surface area contributed by atoms with Gasteiger partial charge in [0.15, 0.2) is 5.82 Å². The summed E-state index contributed by atoms with van der Waals surface area (Å²) in [5.74, 6) is 0.990. The zero-order valence-corrected chi connectivity index (χ0v) is 11.1. The molecule has 3 rings (SSSR count). The number of aromatic nitrogens is 4. The van der Waals surface area contributed by atoms with E-state index in [9.17, 15) is 0 Å². The van der Waals surface area contributed by atoms with Crippen LogP contribution in [0.2, 0.25) is 0 Å². The van der Waals surface area contributed by atoms with E-state index in [1.807, 2.05) is 6.92 Å². The van der Waals surface area contributed by atoms with E-state index >= 15 is 0 Å². The highest BCUT2D eigenvalue weighted by molar-refractivity contribution is 5.61. The lowest BCUT2D eigenvalue weighted by atomic mass is 10.2. The molecule has 0 unspecified atom stereocenters. The van der Waals surface area contributed by atoms with E-state index < -0.39 is 0 Å². The second-order valence-electron chi connectivity index (χ2n) is 4.72. The summed E-state index contributed by atoms with van der Waals surface area (Å²) in [7, 11) is 0. The van der Waals surface area contributed by atoms with Gasteiger partial charge in [0.1, 0.15) is 5.69 Å². The van der Waals surface area contributed by atoms with Gasteiger partial charge in [0, 0.05) is 38.1 Å². The van der Waals surface area contributed by atoms with Gasteiger partial charge in [0.05, 0.1) is 11.4 Å². The second kappa shape index (κ2) is 5.36. The van der Waals surface area contributed by atoms with Crippen LogP contribution in [0.4, 0.5) is 5.82 Å². The summed E-state index contributed by atoms with van der Waals surface area (Å²) >= 11 is 0. The molecule has 0 aromatic carbocycles. The molecule has 1 fully saturated rings. The van der Waals surface area contributed by atoms with E-state index in [1.54, 1.807) is 12.4 Å². The molecule has 0 saturated carbocycles. The van der Waals surface area contributed by atoms with Crippen molar-refractivity contribution in [2.45, 2.75) is 13.3 Å². The van der Waals surface area contributed by atoms with Crippen LogP contribution in [0.5, 0.6) is 0 Å². The number of hydrogen-bond donors (Lipinski definition) is 2. The Hall–Kier alpha value is -1.95. The fourth-order valence-electron chi connectivity index (χ4n) is 2.34. The van der Waals surface area contributed by atoms with Gasteiger partial charge in [-0.15, -0.1) is 0 Å². The van der Waals surface area contributed by atoms with Crippen molar-refractivity contribution < 1.29 is 0 Å². The van der Waals surface area contributed by atoms with Crippen LogP contribution in [0.25, 0.3) is 11.4 Å². The van der Waals surface area contributed by atoms with Gasteiger partial charge < -0.3 is 10.2 Å². The number of nitrogens with zero attached hydrogens (tertiary/aromatic N) is 4. The molecule has 0 amide bonds. The Labute approximate surface area is 112 Å². The molecule has 1 aliphatic heterocycles. The molecule has 2 aromatic rings. The average molecular weight is 258 g/mol. The first-order valence-corrected chi connectivity index (χ1v) is 6.63. The Morgan fingerprint density at radius 2 is 2.05 bits per heavy atom. The van der Waals surface area contributed by atoms with Gasteiger partial charge in [-0.3, -0.25) is 15.1 Å². The van der Waals surface area contributed by atoms with E-state index in [2.05, 4.69) is 36.4 Å². The van der Waals surface area contributed by atoms with E-state index in [4.69, 9.17) is 0 Å². The molecule has 100 valence electrons. The number of aromatic amines is 1. The highest BCUT2D eigenvalue weighted by Gasteiger charge is 2.14. The van der Waals surface area contributed by atoms with Crippen molar-refractivity contribution in [2.75, 3.05) is 31.1 Å². The highest BCUT2D eigenvalue weighted by Crippen LogP contribution is 2.21. The van der Waals surface area contributed by atoms with Crippen molar-refractivity contribution in [1.29, 1.82) is 0 Å². The first-order valence-electron chi connectivity index (χ1n) is 6.63. The summed E-state index contributed by atoms with van der Waals surface area (Å²) in [5, 5.41) is 10.9. The van der Waals surface area contributed by atoms with Gasteiger partial charge in [-0.1, -0.05) is 0 Å². The summed E-state index contributed by atoms with van der Waals surface area (Å²) < 4.78 is 0. The van der Waals surface area contributed by atoms with Crippen molar-refractivity contribution in [3.8, 4) is 11.4 Å². The lowest BCUT2D eigenvalue weighted by molar-refractivity contribution is 0.724. The minimum Gasteiger partial charge on any atom is -0.354 e. The second-order valence-corrected chi connectivity index (χ2v) is 4.72. The maximum absolute atomic E-state index is 4.40. The Balaban J connectivity index is 1.85. The van der Waals surface area contributed by atoms with Crippen LogP contribution < -0.4 is 10.2 Å². The van der Waals surface area contributed by atoms with Crippen LogP contribution in [-0.2, 0) is 0 Å². The molecule has 0 spiro atoms. The molecule has 0 radical (unpaired) electrons. The predicted octanol–water partition coefficient (Wildman–Crippen LogP) is 0.975. The first kappa shape index (κ1) is 12.1. The van der Waals surface area contributed by atoms with Gasteiger partial charge in [-0.2, -0.15) is 5.10 Å². The Morgan fingerprint density at radius 1 is 1.16 bits per heavy atom. The van der Waals surface area contributed by atoms with Crippen LogP contribution in [-0.4, -0.2) is 46.3 Å².